The van der Waals surface area contributed by atoms with Crippen molar-refractivity contribution in [3.63, 3.8) is 0 Å². The Morgan fingerprint density at radius 2 is 2.10 bits per heavy atom. The standard InChI is InChI=1S/C16H19NO4/c1-9-10(2)21-14-11(9)5-3-6-12(14)15(18)17-8-4-7-13(17)16(19)20/h3,5-6,9-10,13H,4,7-8H2,1-2H3,(H,19,20)/t9?,10?,13-/m1/s1. The SMILES string of the molecule is CC1Oc2c(C(=O)N3CCC[C@@H]3C(=O)O)cccc2C1C. The van der Waals surface area contributed by atoms with Crippen molar-refractivity contribution in [2.45, 2.75) is 44.8 Å². The fourth-order valence-corrected chi connectivity index (χ4v) is 3.18. The topological polar surface area (TPSA) is 66.8 Å². The van der Waals surface area contributed by atoms with E-state index in [4.69, 9.17) is 4.74 Å². The average Bonchev–Trinajstić information content (AvgIpc) is 3.04. The van der Waals surface area contributed by atoms with E-state index in [0.717, 1.165) is 12.0 Å². The molecule has 0 radical (unpaired) electrons. The first-order chi connectivity index (χ1) is 10.0. The zero-order valence-corrected chi connectivity index (χ0v) is 12.2. The molecule has 2 heterocycles. The second-order valence-corrected chi connectivity index (χ2v) is 5.83. The van der Waals surface area contributed by atoms with Crippen molar-refractivity contribution in [3.8, 4) is 5.75 Å². The lowest BCUT2D eigenvalue weighted by molar-refractivity contribution is -0.141. The van der Waals surface area contributed by atoms with Gasteiger partial charge >= 0.3 is 5.97 Å². The summed E-state index contributed by atoms with van der Waals surface area (Å²) in [6.45, 7) is 4.54. The third-order valence-corrected chi connectivity index (χ3v) is 4.57. The number of para-hydroxylation sites is 1. The minimum absolute atomic E-state index is 0.0304. The van der Waals surface area contributed by atoms with E-state index in [9.17, 15) is 14.7 Å². The minimum Gasteiger partial charge on any atom is -0.489 e. The Labute approximate surface area is 123 Å². The first-order valence-corrected chi connectivity index (χ1v) is 7.34. The van der Waals surface area contributed by atoms with E-state index < -0.39 is 12.0 Å². The molecule has 3 rings (SSSR count). The molecule has 112 valence electrons. The molecule has 5 nitrogen and oxygen atoms in total. The smallest absolute Gasteiger partial charge is 0.326 e. The molecule has 1 saturated heterocycles. The van der Waals surface area contributed by atoms with E-state index >= 15 is 0 Å². The molecule has 2 aliphatic rings. The van der Waals surface area contributed by atoms with Crippen LogP contribution in [0.1, 0.15) is 48.5 Å². The van der Waals surface area contributed by atoms with Gasteiger partial charge in [-0.25, -0.2) is 4.79 Å². The molecule has 2 unspecified atom stereocenters. The number of nitrogens with zero attached hydrogens (tertiary/aromatic N) is 1. The largest absolute Gasteiger partial charge is 0.489 e. The monoisotopic (exact) mass is 289 g/mol. The normalized spacial score (nSPS) is 27.3. The lowest BCUT2D eigenvalue weighted by atomic mass is 9.96. The molecule has 0 bridgehead atoms. The van der Waals surface area contributed by atoms with Crippen LogP contribution >= 0.6 is 0 Å². The number of aliphatic carboxylic acids is 1. The summed E-state index contributed by atoms with van der Waals surface area (Å²) < 4.78 is 5.83. The summed E-state index contributed by atoms with van der Waals surface area (Å²) in [5, 5.41) is 9.23. The summed E-state index contributed by atoms with van der Waals surface area (Å²) in [7, 11) is 0. The van der Waals surface area contributed by atoms with E-state index in [0.29, 0.717) is 24.3 Å². The van der Waals surface area contributed by atoms with Crippen LogP contribution in [0.2, 0.25) is 0 Å². The number of carboxylic acids is 1. The fourth-order valence-electron chi connectivity index (χ4n) is 3.18. The molecule has 0 aliphatic carbocycles. The Kier molecular flexibility index (Phi) is 3.35. The van der Waals surface area contributed by atoms with E-state index in [1.54, 1.807) is 6.07 Å². The molecule has 0 saturated carbocycles. The molecule has 0 spiro atoms. The van der Waals surface area contributed by atoms with Gasteiger partial charge in [0, 0.05) is 18.0 Å². The molecule has 1 N–H and O–H groups in total. The fraction of sp³-hybridized carbons (Fsp3) is 0.500. The van der Waals surface area contributed by atoms with Gasteiger partial charge in [-0.05, 0) is 25.8 Å². The van der Waals surface area contributed by atoms with Gasteiger partial charge in [0.25, 0.3) is 5.91 Å². The highest BCUT2D eigenvalue weighted by Gasteiger charge is 2.38. The van der Waals surface area contributed by atoms with E-state index in [2.05, 4.69) is 6.92 Å². The van der Waals surface area contributed by atoms with Gasteiger partial charge in [0.05, 0.1) is 5.56 Å². The van der Waals surface area contributed by atoms with Crippen LogP contribution in [0.15, 0.2) is 18.2 Å². The Hall–Kier alpha value is -2.04. The van der Waals surface area contributed by atoms with E-state index in [-0.39, 0.29) is 17.9 Å². The van der Waals surface area contributed by atoms with Gasteiger partial charge in [0.1, 0.15) is 17.9 Å². The second kappa shape index (κ2) is 5.06. The van der Waals surface area contributed by atoms with Gasteiger partial charge in [-0.2, -0.15) is 0 Å². The molecule has 1 aromatic carbocycles. The molecule has 1 fully saturated rings. The molecule has 0 aromatic heterocycles. The Morgan fingerprint density at radius 1 is 1.33 bits per heavy atom. The van der Waals surface area contributed by atoms with Crippen LogP contribution in [0, 0.1) is 0 Å². The van der Waals surface area contributed by atoms with Crippen molar-refractivity contribution in [2.75, 3.05) is 6.54 Å². The second-order valence-electron chi connectivity index (χ2n) is 5.83. The maximum Gasteiger partial charge on any atom is 0.326 e. The van der Waals surface area contributed by atoms with Crippen molar-refractivity contribution >= 4 is 11.9 Å². The highest BCUT2D eigenvalue weighted by molar-refractivity contribution is 5.99. The number of ether oxygens (including phenoxy) is 1. The number of likely N-dealkylation sites (tertiary alicyclic amines) is 1. The summed E-state index contributed by atoms with van der Waals surface area (Å²) in [5.74, 6) is -0.311. The Morgan fingerprint density at radius 3 is 2.81 bits per heavy atom. The first kappa shape index (κ1) is 13.9. The van der Waals surface area contributed by atoms with Crippen molar-refractivity contribution in [2.24, 2.45) is 0 Å². The molecular formula is C16H19NO4. The maximum atomic E-state index is 12.7. The quantitative estimate of drug-likeness (QED) is 0.907. The number of hydrogen-bond acceptors (Lipinski definition) is 3. The van der Waals surface area contributed by atoms with Crippen LogP contribution in [0.5, 0.6) is 5.75 Å². The van der Waals surface area contributed by atoms with Crippen molar-refractivity contribution < 1.29 is 19.4 Å². The van der Waals surface area contributed by atoms with Gasteiger partial charge < -0.3 is 14.7 Å². The molecule has 21 heavy (non-hydrogen) atoms. The van der Waals surface area contributed by atoms with Gasteiger partial charge in [-0.3, -0.25) is 4.79 Å². The lowest BCUT2D eigenvalue weighted by Crippen LogP contribution is -2.40. The minimum atomic E-state index is -0.934. The number of fused-ring (bicyclic) bond motifs is 1. The number of hydrogen-bond donors (Lipinski definition) is 1. The van der Waals surface area contributed by atoms with E-state index in [1.165, 1.54) is 4.90 Å². The van der Waals surface area contributed by atoms with E-state index in [1.807, 2.05) is 19.1 Å². The summed E-state index contributed by atoms with van der Waals surface area (Å²) in [4.78, 5) is 25.4. The van der Waals surface area contributed by atoms with Crippen LogP contribution in [0.3, 0.4) is 0 Å². The van der Waals surface area contributed by atoms with Gasteiger partial charge in [0.2, 0.25) is 0 Å². The molecule has 1 amide bonds. The summed E-state index contributed by atoms with van der Waals surface area (Å²) in [6, 6.07) is 4.82. The van der Waals surface area contributed by atoms with Crippen LogP contribution in [0.4, 0.5) is 0 Å². The third-order valence-electron chi connectivity index (χ3n) is 4.57. The van der Waals surface area contributed by atoms with Gasteiger partial charge in [-0.15, -0.1) is 0 Å². The summed E-state index contributed by atoms with van der Waals surface area (Å²) >= 11 is 0. The number of carboxylic acid groups (broad SMARTS) is 1. The average molecular weight is 289 g/mol. The summed E-state index contributed by atoms with van der Waals surface area (Å²) in [6.07, 6.45) is 1.28. The maximum absolute atomic E-state index is 12.7. The van der Waals surface area contributed by atoms with Crippen LogP contribution in [-0.2, 0) is 4.79 Å². The predicted molar refractivity (Wildman–Crippen MR) is 76.6 cm³/mol. The zero-order valence-electron chi connectivity index (χ0n) is 12.2. The number of amides is 1. The molecular weight excluding hydrogens is 270 g/mol. The zero-order chi connectivity index (χ0) is 15.1. The van der Waals surface area contributed by atoms with Gasteiger partial charge in [-0.1, -0.05) is 19.1 Å². The number of carbonyl (C=O) groups excluding carboxylic acids is 1. The number of benzene rings is 1. The summed E-state index contributed by atoms with van der Waals surface area (Å²) in [5.41, 5.74) is 1.51. The predicted octanol–water partition coefficient (Wildman–Crippen LogP) is 2.26. The Bertz CT molecular complexity index is 598. The molecule has 2 aliphatic heterocycles. The van der Waals surface area contributed by atoms with Gasteiger partial charge in [0.15, 0.2) is 0 Å². The highest BCUT2D eigenvalue weighted by atomic mass is 16.5. The van der Waals surface area contributed by atoms with Crippen molar-refractivity contribution in [1.29, 1.82) is 0 Å². The molecule has 5 heteroatoms. The highest BCUT2D eigenvalue weighted by Crippen LogP contribution is 2.41. The van der Waals surface area contributed by atoms with Crippen LogP contribution in [-0.4, -0.2) is 40.6 Å². The van der Waals surface area contributed by atoms with Crippen molar-refractivity contribution in [1.82, 2.24) is 4.90 Å². The molecule has 1 aromatic rings. The van der Waals surface area contributed by atoms with Crippen LogP contribution in [0.25, 0.3) is 0 Å². The van der Waals surface area contributed by atoms with Crippen molar-refractivity contribution in [3.05, 3.63) is 29.3 Å². The number of rotatable bonds is 2. The third kappa shape index (κ3) is 2.17. The Balaban J connectivity index is 1.95. The number of carbonyl (C=O) groups is 2. The van der Waals surface area contributed by atoms with Crippen LogP contribution < -0.4 is 4.74 Å². The lowest BCUT2D eigenvalue weighted by Gasteiger charge is -2.22. The molecule has 3 atom stereocenters. The first-order valence-electron chi connectivity index (χ1n) is 7.34.